The number of rotatable bonds is 4. The van der Waals surface area contributed by atoms with Gasteiger partial charge in [-0.3, -0.25) is 4.79 Å². The molecular formula is C16H10Cl3N3O. The third-order valence-electron chi connectivity index (χ3n) is 2.81. The van der Waals surface area contributed by atoms with Crippen LogP contribution in [0.3, 0.4) is 0 Å². The van der Waals surface area contributed by atoms with Crippen molar-refractivity contribution in [2.24, 2.45) is 0 Å². The molecule has 0 aliphatic heterocycles. The lowest BCUT2D eigenvalue weighted by molar-refractivity contribution is -0.112. The number of nitriles is 1. The van der Waals surface area contributed by atoms with Crippen LogP contribution in [0.2, 0.25) is 15.1 Å². The van der Waals surface area contributed by atoms with Gasteiger partial charge in [-0.2, -0.15) is 5.26 Å². The van der Waals surface area contributed by atoms with Gasteiger partial charge in [-0.05, 0) is 24.3 Å². The summed E-state index contributed by atoms with van der Waals surface area (Å²) in [5, 5.41) is 15.6. The maximum absolute atomic E-state index is 12.1. The molecule has 0 aromatic heterocycles. The quantitative estimate of drug-likeness (QED) is 0.584. The standard InChI is InChI=1S/C16H10Cl3N3O/c17-11-4-1-2-7-14(11)22-16(23)10(8-20)9-21-15-12(18)5-3-6-13(15)19/h1-7,9,21H,(H,22,23)/b10-9-. The summed E-state index contributed by atoms with van der Waals surface area (Å²) >= 11 is 18.0. The van der Waals surface area contributed by atoms with Crippen LogP contribution in [-0.2, 0) is 4.79 Å². The smallest absolute Gasteiger partial charge is 0.267 e. The summed E-state index contributed by atoms with van der Waals surface area (Å²) in [6, 6.07) is 13.5. The molecule has 23 heavy (non-hydrogen) atoms. The second kappa shape index (κ2) is 7.89. The number of nitrogens with zero attached hydrogens (tertiary/aromatic N) is 1. The molecule has 116 valence electrons. The number of hydrogen-bond acceptors (Lipinski definition) is 3. The normalized spacial score (nSPS) is 10.8. The second-order valence-corrected chi connectivity index (χ2v) is 5.57. The predicted octanol–water partition coefficient (Wildman–Crippen LogP) is 5.10. The van der Waals surface area contributed by atoms with Crippen LogP contribution in [0, 0.1) is 11.3 Å². The highest BCUT2D eigenvalue weighted by molar-refractivity contribution is 6.39. The number of carbonyl (C=O) groups is 1. The van der Waals surface area contributed by atoms with Gasteiger partial charge in [0.05, 0.1) is 26.4 Å². The summed E-state index contributed by atoms with van der Waals surface area (Å²) in [6.07, 6.45) is 1.24. The molecule has 2 aromatic rings. The van der Waals surface area contributed by atoms with E-state index in [0.717, 1.165) is 0 Å². The minimum absolute atomic E-state index is 0.152. The fraction of sp³-hybridized carbons (Fsp3) is 0. The lowest BCUT2D eigenvalue weighted by Crippen LogP contribution is -2.14. The molecule has 2 aromatic carbocycles. The lowest BCUT2D eigenvalue weighted by atomic mass is 10.2. The number of carbonyl (C=O) groups excluding carboxylic acids is 1. The van der Waals surface area contributed by atoms with Gasteiger partial charge in [-0.15, -0.1) is 0 Å². The van der Waals surface area contributed by atoms with Crippen LogP contribution < -0.4 is 10.6 Å². The van der Waals surface area contributed by atoms with Crippen molar-refractivity contribution in [1.82, 2.24) is 0 Å². The first-order valence-corrected chi connectivity index (χ1v) is 7.53. The molecule has 0 saturated carbocycles. The number of anilines is 2. The molecule has 1 amide bonds. The van der Waals surface area contributed by atoms with Gasteiger partial charge in [-0.25, -0.2) is 0 Å². The fourth-order valence-corrected chi connectivity index (χ4v) is 2.37. The number of halogens is 3. The predicted molar refractivity (Wildman–Crippen MR) is 93.9 cm³/mol. The molecule has 0 unspecified atom stereocenters. The van der Waals surface area contributed by atoms with E-state index in [4.69, 9.17) is 40.1 Å². The van der Waals surface area contributed by atoms with E-state index in [2.05, 4.69) is 10.6 Å². The zero-order valence-electron chi connectivity index (χ0n) is 11.6. The van der Waals surface area contributed by atoms with Gasteiger partial charge in [0, 0.05) is 6.20 Å². The molecular weight excluding hydrogens is 357 g/mol. The van der Waals surface area contributed by atoms with Crippen LogP contribution >= 0.6 is 34.8 Å². The third-order valence-corrected chi connectivity index (χ3v) is 3.77. The highest BCUT2D eigenvalue weighted by Crippen LogP contribution is 2.30. The molecule has 0 saturated heterocycles. The lowest BCUT2D eigenvalue weighted by Gasteiger charge is -2.08. The van der Waals surface area contributed by atoms with Crippen molar-refractivity contribution in [3.8, 4) is 6.07 Å². The number of nitrogens with one attached hydrogen (secondary N) is 2. The first kappa shape index (κ1) is 17.2. The van der Waals surface area contributed by atoms with Crippen LogP contribution in [0.1, 0.15) is 0 Å². The van der Waals surface area contributed by atoms with Gasteiger partial charge < -0.3 is 10.6 Å². The molecule has 2 N–H and O–H groups in total. The molecule has 0 aliphatic carbocycles. The first-order chi connectivity index (χ1) is 11.0. The summed E-state index contributed by atoms with van der Waals surface area (Å²) in [5.74, 6) is -0.601. The Morgan fingerprint density at radius 3 is 2.22 bits per heavy atom. The Balaban J connectivity index is 2.18. The maximum Gasteiger partial charge on any atom is 0.267 e. The second-order valence-electron chi connectivity index (χ2n) is 4.34. The van der Waals surface area contributed by atoms with Crippen LogP contribution in [0.4, 0.5) is 11.4 Å². The SMILES string of the molecule is N#C/C(=C/Nc1c(Cl)cccc1Cl)C(=O)Nc1ccccc1Cl. The van der Waals surface area contributed by atoms with E-state index in [1.165, 1.54) is 6.20 Å². The van der Waals surface area contributed by atoms with E-state index in [0.29, 0.717) is 26.4 Å². The van der Waals surface area contributed by atoms with E-state index in [1.54, 1.807) is 42.5 Å². The Morgan fingerprint density at radius 2 is 1.61 bits per heavy atom. The van der Waals surface area contributed by atoms with E-state index in [-0.39, 0.29) is 5.57 Å². The van der Waals surface area contributed by atoms with Crippen molar-refractivity contribution in [2.75, 3.05) is 10.6 Å². The van der Waals surface area contributed by atoms with Gasteiger partial charge >= 0.3 is 0 Å². The molecule has 4 nitrogen and oxygen atoms in total. The molecule has 0 heterocycles. The van der Waals surface area contributed by atoms with E-state index in [9.17, 15) is 4.79 Å². The zero-order chi connectivity index (χ0) is 16.8. The summed E-state index contributed by atoms with van der Waals surface area (Å²) in [4.78, 5) is 12.1. The van der Waals surface area contributed by atoms with Crippen LogP contribution in [0.25, 0.3) is 0 Å². The Kier molecular flexibility index (Phi) is 5.89. The highest BCUT2D eigenvalue weighted by atomic mass is 35.5. The van der Waals surface area contributed by atoms with E-state index < -0.39 is 5.91 Å². The fourth-order valence-electron chi connectivity index (χ4n) is 1.68. The Hall–Kier alpha value is -2.19. The van der Waals surface area contributed by atoms with Crippen molar-refractivity contribution in [3.05, 3.63) is 69.3 Å². The highest BCUT2D eigenvalue weighted by Gasteiger charge is 2.12. The van der Waals surface area contributed by atoms with Crippen molar-refractivity contribution in [3.63, 3.8) is 0 Å². The summed E-state index contributed by atoms with van der Waals surface area (Å²) < 4.78 is 0. The van der Waals surface area contributed by atoms with Crippen molar-refractivity contribution in [2.45, 2.75) is 0 Å². The van der Waals surface area contributed by atoms with E-state index in [1.807, 2.05) is 6.07 Å². The molecule has 0 atom stereocenters. The van der Waals surface area contributed by atoms with Crippen LogP contribution in [0.5, 0.6) is 0 Å². The minimum atomic E-state index is -0.601. The van der Waals surface area contributed by atoms with Gasteiger partial charge in [0.1, 0.15) is 11.6 Å². The molecule has 0 radical (unpaired) electrons. The van der Waals surface area contributed by atoms with Gasteiger partial charge in [0.2, 0.25) is 0 Å². The van der Waals surface area contributed by atoms with Crippen LogP contribution in [0.15, 0.2) is 54.2 Å². The van der Waals surface area contributed by atoms with Crippen LogP contribution in [-0.4, -0.2) is 5.91 Å². The maximum atomic E-state index is 12.1. The average molecular weight is 367 g/mol. The number of para-hydroxylation sites is 2. The number of hydrogen-bond donors (Lipinski definition) is 2. The molecule has 2 rings (SSSR count). The van der Waals surface area contributed by atoms with Gasteiger partial charge in [0.15, 0.2) is 0 Å². The van der Waals surface area contributed by atoms with Crippen molar-refractivity contribution >= 4 is 52.1 Å². The summed E-state index contributed by atoms with van der Waals surface area (Å²) in [7, 11) is 0. The Morgan fingerprint density at radius 1 is 1.00 bits per heavy atom. The van der Waals surface area contributed by atoms with Crippen molar-refractivity contribution < 1.29 is 4.79 Å². The molecule has 0 aliphatic rings. The van der Waals surface area contributed by atoms with E-state index >= 15 is 0 Å². The van der Waals surface area contributed by atoms with Crippen molar-refractivity contribution in [1.29, 1.82) is 5.26 Å². The monoisotopic (exact) mass is 365 g/mol. The Labute approximate surface area is 148 Å². The van der Waals surface area contributed by atoms with Gasteiger partial charge in [0.25, 0.3) is 5.91 Å². The molecule has 0 fully saturated rings. The van der Waals surface area contributed by atoms with Gasteiger partial charge in [-0.1, -0.05) is 53.0 Å². The first-order valence-electron chi connectivity index (χ1n) is 6.39. The zero-order valence-corrected chi connectivity index (χ0v) is 13.9. The summed E-state index contributed by atoms with van der Waals surface area (Å²) in [5.41, 5.74) is 0.672. The molecule has 0 spiro atoms. The minimum Gasteiger partial charge on any atom is -0.358 e. The molecule has 0 bridgehead atoms. The number of amides is 1. The topological polar surface area (TPSA) is 64.9 Å². The third kappa shape index (κ3) is 4.40. The largest absolute Gasteiger partial charge is 0.358 e. The number of benzene rings is 2. The summed E-state index contributed by atoms with van der Waals surface area (Å²) in [6.45, 7) is 0. The molecule has 7 heteroatoms. The Bertz CT molecular complexity index is 792. The average Bonchev–Trinajstić information content (AvgIpc) is 2.52.